The van der Waals surface area contributed by atoms with E-state index in [0.29, 0.717) is 27.1 Å². The highest BCUT2D eigenvalue weighted by atomic mass is 32.2. The SMILES string of the molecule is NSc1cccc2c1C(=O)c1ccccc1C2=O. The summed E-state index contributed by atoms with van der Waals surface area (Å²) in [4.78, 5) is 25.4. The van der Waals surface area contributed by atoms with E-state index in [1.807, 2.05) is 0 Å². The Kier molecular flexibility index (Phi) is 2.54. The molecule has 88 valence electrons. The van der Waals surface area contributed by atoms with Crippen molar-refractivity contribution in [1.29, 1.82) is 0 Å². The molecule has 18 heavy (non-hydrogen) atoms. The van der Waals surface area contributed by atoms with Gasteiger partial charge in [0.25, 0.3) is 0 Å². The topological polar surface area (TPSA) is 60.2 Å². The van der Waals surface area contributed by atoms with E-state index in [4.69, 9.17) is 5.14 Å². The van der Waals surface area contributed by atoms with Crippen LogP contribution in [0.3, 0.4) is 0 Å². The van der Waals surface area contributed by atoms with E-state index in [0.717, 1.165) is 11.9 Å². The van der Waals surface area contributed by atoms with Crippen LogP contribution in [0.2, 0.25) is 0 Å². The number of hydrogen-bond donors (Lipinski definition) is 1. The van der Waals surface area contributed by atoms with Crippen LogP contribution in [-0.4, -0.2) is 11.6 Å². The Morgan fingerprint density at radius 2 is 1.39 bits per heavy atom. The largest absolute Gasteiger partial charge is 0.289 e. The lowest BCUT2D eigenvalue weighted by Gasteiger charge is -2.18. The van der Waals surface area contributed by atoms with Crippen molar-refractivity contribution >= 4 is 23.5 Å². The van der Waals surface area contributed by atoms with Crippen molar-refractivity contribution in [1.82, 2.24) is 0 Å². The quantitative estimate of drug-likeness (QED) is 0.678. The predicted molar refractivity (Wildman–Crippen MR) is 69.8 cm³/mol. The Balaban J connectivity index is 2.34. The molecule has 3 rings (SSSR count). The van der Waals surface area contributed by atoms with Gasteiger partial charge in [-0.05, 0) is 18.0 Å². The molecule has 0 amide bonds. The molecule has 0 unspecified atom stereocenters. The lowest BCUT2D eigenvalue weighted by Crippen LogP contribution is -2.21. The average molecular weight is 255 g/mol. The Morgan fingerprint density at radius 3 is 2.06 bits per heavy atom. The Morgan fingerprint density at radius 1 is 0.778 bits per heavy atom. The monoisotopic (exact) mass is 255 g/mol. The van der Waals surface area contributed by atoms with Crippen LogP contribution < -0.4 is 5.14 Å². The van der Waals surface area contributed by atoms with Crippen LogP contribution >= 0.6 is 11.9 Å². The van der Waals surface area contributed by atoms with Crippen molar-refractivity contribution in [2.24, 2.45) is 5.14 Å². The fourth-order valence-electron chi connectivity index (χ4n) is 2.21. The zero-order valence-electron chi connectivity index (χ0n) is 9.34. The molecule has 0 radical (unpaired) electrons. The third kappa shape index (κ3) is 1.43. The van der Waals surface area contributed by atoms with Crippen LogP contribution in [0.15, 0.2) is 47.4 Å². The second kappa shape index (κ2) is 4.08. The maximum Gasteiger partial charge on any atom is 0.195 e. The van der Waals surface area contributed by atoms with E-state index in [9.17, 15) is 9.59 Å². The molecule has 2 aromatic carbocycles. The van der Waals surface area contributed by atoms with Crippen LogP contribution in [-0.2, 0) is 0 Å². The van der Waals surface area contributed by atoms with Crippen molar-refractivity contribution in [2.45, 2.75) is 4.90 Å². The molecular formula is C14H9NO2S. The lowest BCUT2D eigenvalue weighted by molar-refractivity contribution is 0.0977. The summed E-state index contributed by atoms with van der Waals surface area (Å²) in [6, 6.07) is 12.0. The maximum absolute atomic E-state index is 12.4. The minimum absolute atomic E-state index is 0.115. The van der Waals surface area contributed by atoms with Crippen molar-refractivity contribution in [3.8, 4) is 0 Å². The van der Waals surface area contributed by atoms with Gasteiger partial charge in [0.1, 0.15) is 0 Å². The van der Waals surface area contributed by atoms with Gasteiger partial charge in [0.2, 0.25) is 0 Å². The van der Waals surface area contributed by atoms with Crippen molar-refractivity contribution < 1.29 is 9.59 Å². The average Bonchev–Trinajstić information content (AvgIpc) is 2.44. The second-order valence-corrected chi connectivity index (χ2v) is 4.68. The summed E-state index contributed by atoms with van der Waals surface area (Å²) < 4.78 is 0. The molecule has 4 heteroatoms. The Bertz CT molecular complexity index is 679. The van der Waals surface area contributed by atoms with E-state index in [-0.39, 0.29) is 11.6 Å². The molecule has 1 aliphatic carbocycles. The number of fused-ring (bicyclic) bond motifs is 2. The van der Waals surface area contributed by atoms with Gasteiger partial charge in [-0.2, -0.15) is 0 Å². The first-order valence-electron chi connectivity index (χ1n) is 5.42. The summed E-state index contributed by atoms with van der Waals surface area (Å²) in [6.45, 7) is 0. The summed E-state index contributed by atoms with van der Waals surface area (Å²) in [5.74, 6) is -0.246. The molecule has 0 bridgehead atoms. The molecule has 2 N–H and O–H groups in total. The van der Waals surface area contributed by atoms with Crippen LogP contribution in [0.1, 0.15) is 31.8 Å². The van der Waals surface area contributed by atoms with Crippen LogP contribution in [0.4, 0.5) is 0 Å². The third-order valence-electron chi connectivity index (χ3n) is 3.04. The number of rotatable bonds is 1. The summed E-state index contributed by atoms with van der Waals surface area (Å²) >= 11 is 0.991. The summed E-state index contributed by atoms with van der Waals surface area (Å²) in [7, 11) is 0. The Labute approximate surface area is 108 Å². The fourth-order valence-corrected chi connectivity index (χ4v) is 2.69. The lowest BCUT2D eigenvalue weighted by atomic mass is 9.84. The van der Waals surface area contributed by atoms with E-state index < -0.39 is 0 Å². The summed E-state index contributed by atoms with van der Waals surface area (Å²) in [5.41, 5.74) is 1.79. The third-order valence-corrected chi connectivity index (χ3v) is 3.64. The molecular weight excluding hydrogens is 246 g/mol. The molecule has 3 nitrogen and oxygen atoms in total. The molecule has 2 aromatic rings. The number of ketones is 2. The number of carbonyl (C=O) groups excluding carboxylic acids is 2. The molecule has 0 atom stereocenters. The van der Waals surface area contributed by atoms with Gasteiger partial charge in [0, 0.05) is 27.1 Å². The van der Waals surface area contributed by atoms with E-state index >= 15 is 0 Å². The minimum atomic E-state index is -0.131. The minimum Gasteiger partial charge on any atom is -0.289 e. The molecule has 0 aromatic heterocycles. The van der Waals surface area contributed by atoms with Crippen LogP contribution in [0, 0.1) is 0 Å². The zero-order chi connectivity index (χ0) is 12.7. The molecule has 0 spiro atoms. The van der Waals surface area contributed by atoms with Crippen molar-refractivity contribution in [3.63, 3.8) is 0 Å². The predicted octanol–water partition coefficient (Wildman–Crippen LogP) is 2.43. The van der Waals surface area contributed by atoms with Crippen molar-refractivity contribution in [3.05, 3.63) is 64.7 Å². The van der Waals surface area contributed by atoms with E-state index in [1.54, 1.807) is 42.5 Å². The molecule has 0 aliphatic heterocycles. The van der Waals surface area contributed by atoms with Gasteiger partial charge in [-0.3, -0.25) is 14.7 Å². The standard InChI is InChI=1S/C14H9NO2S/c15-18-11-7-3-6-10-12(11)14(17)9-5-2-1-4-8(9)13(10)16/h1-7H,15H2. The normalized spacial score (nSPS) is 13.2. The van der Waals surface area contributed by atoms with Crippen molar-refractivity contribution in [2.75, 3.05) is 0 Å². The molecule has 0 fully saturated rings. The summed E-state index contributed by atoms with van der Waals surface area (Å²) in [6.07, 6.45) is 0. The summed E-state index contributed by atoms with van der Waals surface area (Å²) in [5, 5.41) is 5.55. The zero-order valence-corrected chi connectivity index (χ0v) is 10.2. The number of benzene rings is 2. The molecule has 0 saturated heterocycles. The van der Waals surface area contributed by atoms with Crippen LogP contribution in [0.5, 0.6) is 0 Å². The molecule has 0 saturated carbocycles. The maximum atomic E-state index is 12.4. The number of carbonyl (C=O) groups is 2. The highest BCUT2D eigenvalue weighted by Crippen LogP contribution is 2.32. The van der Waals surface area contributed by atoms with Gasteiger partial charge in [-0.15, -0.1) is 0 Å². The van der Waals surface area contributed by atoms with Gasteiger partial charge < -0.3 is 0 Å². The van der Waals surface area contributed by atoms with Gasteiger partial charge in [0.15, 0.2) is 11.6 Å². The Hall–Kier alpha value is -1.91. The van der Waals surface area contributed by atoms with E-state index in [2.05, 4.69) is 0 Å². The van der Waals surface area contributed by atoms with Gasteiger partial charge in [-0.25, -0.2) is 0 Å². The highest BCUT2D eigenvalue weighted by molar-refractivity contribution is 7.97. The van der Waals surface area contributed by atoms with E-state index in [1.165, 1.54) is 0 Å². The smallest absolute Gasteiger partial charge is 0.195 e. The second-order valence-electron chi connectivity index (χ2n) is 4.00. The molecule has 1 aliphatic rings. The number of hydrogen-bond acceptors (Lipinski definition) is 4. The van der Waals surface area contributed by atoms with Crippen LogP contribution in [0.25, 0.3) is 0 Å². The number of nitrogens with two attached hydrogens (primary N) is 1. The van der Waals surface area contributed by atoms with Gasteiger partial charge in [0.05, 0.1) is 0 Å². The highest BCUT2D eigenvalue weighted by Gasteiger charge is 2.30. The first kappa shape index (κ1) is 11.2. The first-order chi connectivity index (χ1) is 8.74. The van der Waals surface area contributed by atoms with Gasteiger partial charge in [-0.1, -0.05) is 36.4 Å². The van der Waals surface area contributed by atoms with Gasteiger partial charge >= 0.3 is 0 Å². The first-order valence-corrected chi connectivity index (χ1v) is 6.30. The fraction of sp³-hybridized carbons (Fsp3) is 0. The molecule has 0 heterocycles.